The van der Waals surface area contributed by atoms with E-state index in [1.54, 1.807) is 32.0 Å². The average molecular weight is 299 g/mol. The molecule has 0 N–H and O–H groups in total. The molecular formula is C16H13NO5. The minimum absolute atomic E-state index is 0.110. The lowest BCUT2D eigenvalue weighted by Crippen LogP contribution is -2.15. The zero-order valence-corrected chi connectivity index (χ0v) is 12.0. The maximum atomic E-state index is 12.1. The third-order valence-electron chi connectivity index (χ3n) is 3.13. The monoisotopic (exact) mass is 299 g/mol. The Morgan fingerprint density at radius 1 is 1.00 bits per heavy atom. The van der Waals surface area contributed by atoms with Gasteiger partial charge in [0.25, 0.3) is 5.69 Å². The summed E-state index contributed by atoms with van der Waals surface area (Å²) in [6.45, 7) is 3.12. The number of non-ortho nitro benzene ring substituents is 1. The van der Waals surface area contributed by atoms with Gasteiger partial charge in [-0.1, -0.05) is 18.2 Å². The number of carbonyl (C=O) groups excluding carboxylic acids is 2. The number of hydrogen-bond donors (Lipinski definition) is 0. The van der Waals surface area contributed by atoms with E-state index in [4.69, 9.17) is 4.74 Å². The third kappa shape index (κ3) is 3.17. The Hall–Kier alpha value is -3.02. The molecule has 0 unspecified atom stereocenters. The predicted octanol–water partition coefficient (Wildman–Crippen LogP) is 3.21. The maximum absolute atomic E-state index is 12.1. The molecular weight excluding hydrogens is 286 g/mol. The van der Waals surface area contributed by atoms with Crippen molar-refractivity contribution < 1.29 is 19.2 Å². The van der Waals surface area contributed by atoms with E-state index in [0.717, 1.165) is 0 Å². The van der Waals surface area contributed by atoms with Crippen molar-refractivity contribution in [1.29, 1.82) is 0 Å². The quantitative estimate of drug-likeness (QED) is 0.376. The van der Waals surface area contributed by atoms with Crippen LogP contribution in [-0.2, 0) is 4.74 Å². The summed E-state index contributed by atoms with van der Waals surface area (Å²) in [7, 11) is 0. The number of ether oxygens (including phenoxy) is 1. The Morgan fingerprint density at radius 2 is 1.55 bits per heavy atom. The van der Waals surface area contributed by atoms with Gasteiger partial charge in [0.15, 0.2) is 0 Å². The molecule has 0 bridgehead atoms. The van der Waals surface area contributed by atoms with Crippen molar-refractivity contribution in [2.24, 2.45) is 0 Å². The molecule has 0 saturated heterocycles. The number of esters is 2. The first kappa shape index (κ1) is 15.4. The Kier molecular flexibility index (Phi) is 4.31. The van der Waals surface area contributed by atoms with Gasteiger partial charge in [0.2, 0.25) is 0 Å². The van der Waals surface area contributed by atoms with E-state index >= 15 is 0 Å². The molecule has 112 valence electrons. The lowest BCUT2D eigenvalue weighted by atomic mass is 10.0. The van der Waals surface area contributed by atoms with E-state index in [-0.39, 0.29) is 16.8 Å². The molecule has 0 aliphatic rings. The maximum Gasteiger partial charge on any atom is 0.346 e. The molecule has 0 heterocycles. The van der Waals surface area contributed by atoms with Gasteiger partial charge in [-0.05, 0) is 37.1 Å². The van der Waals surface area contributed by atoms with Gasteiger partial charge in [0.05, 0.1) is 16.1 Å². The highest BCUT2D eigenvalue weighted by Gasteiger charge is 2.21. The first-order valence-electron chi connectivity index (χ1n) is 6.47. The minimum Gasteiger partial charge on any atom is -0.386 e. The Labute approximate surface area is 126 Å². The van der Waals surface area contributed by atoms with Crippen LogP contribution in [0.15, 0.2) is 42.5 Å². The highest BCUT2D eigenvalue weighted by atomic mass is 16.6. The summed E-state index contributed by atoms with van der Waals surface area (Å²) in [5, 5.41) is 10.8. The van der Waals surface area contributed by atoms with E-state index in [9.17, 15) is 19.7 Å². The topological polar surface area (TPSA) is 86.5 Å². The van der Waals surface area contributed by atoms with Crippen LogP contribution in [0, 0.1) is 24.0 Å². The number of nitrogens with zero attached hydrogens (tertiary/aromatic N) is 1. The molecule has 2 aromatic carbocycles. The molecule has 0 aliphatic heterocycles. The first-order valence-corrected chi connectivity index (χ1v) is 6.47. The molecule has 0 fully saturated rings. The zero-order valence-electron chi connectivity index (χ0n) is 12.0. The molecule has 0 radical (unpaired) electrons. The second-order valence-corrected chi connectivity index (χ2v) is 4.75. The number of benzene rings is 2. The molecule has 22 heavy (non-hydrogen) atoms. The fourth-order valence-electron chi connectivity index (χ4n) is 2.14. The molecule has 2 aromatic rings. The van der Waals surface area contributed by atoms with Gasteiger partial charge in [-0.3, -0.25) is 10.1 Å². The molecule has 0 aliphatic carbocycles. The van der Waals surface area contributed by atoms with Crippen LogP contribution < -0.4 is 0 Å². The van der Waals surface area contributed by atoms with Gasteiger partial charge >= 0.3 is 11.9 Å². The van der Waals surface area contributed by atoms with E-state index in [2.05, 4.69) is 0 Å². The fraction of sp³-hybridized carbons (Fsp3) is 0.125. The van der Waals surface area contributed by atoms with Crippen molar-refractivity contribution in [1.82, 2.24) is 0 Å². The van der Waals surface area contributed by atoms with Crippen molar-refractivity contribution in [2.45, 2.75) is 13.8 Å². The Balaban J connectivity index is 2.27. The summed E-state index contributed by atoms with van der Waals surface area (Å²) in [5.74, 6) is -1.58. The van der Waals surface area contributed by atoms with Crippen LogP contribution in [0.1, 0.15) is 31.8 Å². The van der Waals surface area contributed by atoms with Crippen LogP contribution in [0.2, 0.25) is 0 Å². The van der Waals surface area contributed by atoms with Crippen LogP contribution >= 0.6 is 0 Å². The van der Waals surface area contributed by atoms with Crippen LogP contribution in [0.4, 0.5) is 5.69 Å². The SMILES string of the molecule is Cc1cc([N+](=O)[O-])cc(C)c1C(=O)OC(=O)c1ccccc1. The van der Waals surface area contributed by atoms with E-state index < -0.39 is 16.9 Å². The Morgan fingerprint density at radius 3 is 2.05 bits per heavy atom. The van der Waals surface area contributed by atoms with Crippen LogP contribution in [0.5, 0.6) is 0 Å². The molecule has 0 aromatic heterocycles. The zero-order chi connectivity index (χ0) is 16.3. The van der Waals surface area contributed by atoms with Gasteiger partial charge < -0.3 is 4.74 Å². The second-order valence-electron chi connectivity index (χ2n) is 4.75. The third-order valence-corrected chi connectivity index (χ3v) is 3.13. The molecule has 6 heteroatoms. The highest BCUT2D eigenvalue weighted by Crippen LogP contribution is 2.22. The number of aryl methyl sites for hydroxylation is 2. The van der Waals surface area contributed by atoms with Crippen LogP contribution in [-0.4, -0.2) is 16.9 Å². The first-order chi connectivity index (χ1) is 10.4. The molecule has 2 rings (SSSR count). The van der Waals surface area contributed by atoms with E-state index in [1.165, 1.54) is 24.3 Å². The highest BCUT2D eigenvalue weighted by molar-refractivity contribution is 6.04. The van der Waals surface area contributed by atoms with Crippen molar-refractivity contribution in [2.75, 3.05) is 0 Å². The average Bonchev–Trinajstić information content (AvgIpc) is 2.47. The minimum atomic E-state index is -0.821. The van der Waals surface area contributed by atoms with Gasteiger partial charge in [-0.2, -0.15) is 0 Å². The lowest BCUT2D eigenvalue weighted by Gasteiger charge is -2.09. The van der Waals surface area contributed by atoms with Gasteiger partial charge in [-0.15, -0.1) is 0 Å². The number of rotatable bonds is 3. The van der Waals surface area contributed by atoms with Crippen molar-refractivity contribution in [3.63, 3.8) is 0 Å². The summed E-state index contributed by atoms with van der Waals surface area (Å²) < 4.78 is 4.84. The molecule has 6 nitrogen and oxygen atoms in total. The smallest absolute Gasteiger partial charge is 0.346 e. The normalized spacial score (nSPS) is 10.1. The van der Waals surface area contributed by atoms with Crippen molar-refractivity contribution in [3.05, 3.63) is 74.8 Å². The summed E-state index contributed by atoms with van der Waals surface area (Å²) >= 11 is 0. The fourth-order valence-corrected chi connectivity index (χ4v) is 2.14. The number of nitro groups is 1. The van der Waals surface area contributed by atoms with Crippen molar-refractivity contribution in [3.8, 4) is 0 Å². The summed E-state index contributed by atoms with van der Waals surface area (Å²) in [4.78, 5) is 34.3. The number of carbonyl (C=O) groups is 2. The molecule has 0 spiro atoms. The predicted molar refractivity (Wildman–Crippen MR) is 78.8 cm³/mol. The number of nitro benzene ring substituents is 1. The molecule has 0 atom stereocenters. The second kappa shape index (κ2) is 6.17. The largest absolute Gasteiger partial charge is 0.386 e. The van der Waals surface area contributed by atoms with Crippen LogP contribution in [0.25, 0.3) is 0 Å². The molecule has 0 amide bonds. The number of hydrogen-bond acceptors (Lipinski definition) is 5. The van der Waals surface area contributed by atoms with E-state index in [1.807, 2.05) is 0 Å². The standard InChI is InChI=1S/C16H13NO5/c1-10-8-13(17(20)21)9-11(2)14(10)16(19)22-15(18)12-6-4-3-5-7-12/h3-9H,1-2H3. The lowest BCUT2D eigenvalue weighted by molar-refractivity contribution is -0.384. The van der Waals surface area contributed by atoms with Gasteiger partial charge in [0.1, 0.15) is 0 Å². The summed E-state index contributed by atoms with van der Waals surface area (Å²) in [6, 6.07) is 10.7. The van der Waals surface area contributed by atoms with Gasteiger partial charge in [-0.25, -0.2) is 9.59 Å². The van der Waals surface area contributed by atoms with E-state index in [0.29, 0.717) is 11.1 Å². The van der Waals surface area contributed by atoms with Gasteiger partial charge in [0, 0.05) is 12.1 Å². The molecule has 0 saturated carbocycles. The van der Waals surface area contributed by atoms with Crippen molar-refractivity contribution >= 4 is 17.6 Å². The Bertz CT molecular complexity index is 729. The van der Waals surface area contributed by atoms with Crippen LogP contribution in [0.3, 0.4) is 0 Å². The summed E-state index contributed by atoms with van der Waals surface area (Å²) in [6.07, 6.45) is 0. The summed E-state index contributed by atoms with van der Waals surface area (Å²) in [5.41, 5.74) is 1.08.